The molecule has 3 aliphatic rings. The molecule has 3 aliphatic heterocycles. The summed E-state index contributed by atoms with van der Waals surface area (Å²) in [6.45, 7) is 1.53. The highest BCUT2D eigenvalue weighted by Crippen LogP contribution is 2.39. The predicted molar refractivity (Wildman–Crippen MR) is 137 cm³/mol. The Balaban J connectivity index is 1.21. The normalized spacial score (nSPS) is 22.2. The molecule has 0 saturated carbocycles. The molecule has 0 radical (unpaired) electrons. The van der Waals surface area contributed by atoms with Gasteiger partial charge in [0, 0.05) is 44.9 Å². The maximum absolute atomic E-state index is 14.5. The number of anilines is 1. The van der Waals surface area contributed by atoms with Gasteiger partial charge in [-0.15, -0.1) is 0 Å². The van der Waals surface area contributed by atoms with E-state index in [1.165, 1.54) is 11.6 Å². The second kappa shape index (κ2) is 9.67. The molecule has 2 unspecified atom stereocenters. The Bertz CT molecular complexity index is 1260. The van der Waals surface area contributed by atoms with Crippen molar-refractivity contribution in [1.29, 1.82) is 0 Å². The fourth-order valence-electron chi connectivity index (χ4n) is 5.42. The summed E-state index contributed by atoms with van der Waals surface area (Å²) in [5, 5.41) is 0. The summed E-state index contributed by atoms with van der Waals surface area (Å²) in [4.78, 5) is 2.34. The van der Waals surface area contributed by atoms with Crippen molar-refractivity contribution in [2.75, 3.05) is 25.2 Å². The first-order valence-corrected chi connectivity index (χ1v) is 12.4. The summed E-state index contributed by atoms with van der Waals surface area (Å²) in [7, 11) is 1.68. The third-order valence-corrected chi connectivity index (χ3v) is 7.38. The maximum Gasteiger partial charge on any atom is 0.127 e. The lowest BCUT2D eigenvalue weighted by Crippen LogP contribution is -2.37. The van der Waals surface area contributed by atoms with Crippen molar-refractivity contribution < 1.29 is 18.6 Å². The lowest BCUT2D eigenvalue weighted by molar-refractivity contribution is -0.0950. The lowest BCUT2D eigenvalue weighted by atomic mass is 9.86. The minimum absolute atomic E-state index is 0.0333. The molecule has 3 aromatic rings. The number of methoxy groups -OCH3 is 1. The standard InChI is InChI=1S/C29H30FN3O3/c1-34-29(11-13-35-14-12-29)23-16-24(30)18-25(17-23)36-19-20-7-9-26-22(15-20)8-10-27-31-32-28(33(26)27)21-5-3-2-4-6-21/h2-10,15-18,27-28,31-32H,11-14,19H2,1H3. The van der Waals surface area contributed by atoms with Crippen LogP contribution in [0.4, 0.5) is 10.1 Å². The summed E-state index contributed by atoms with van der Waals surface area (Å²) < 4.78 is 32.0. The van der Waals surface area contributed by atoms with E-state index in [1.807, 2.05) is 12.1 Å². The van der Waals surface area contributed by atoms with Gasteiger partial charge >= 0.3 is 0 Å². The van der Waals surface area contributed by atoms with Gasteiger partial charge in [-0.3, -0.25) is 0 Å². The molecular weight excluding hydrogens is 457 g/mol. The summed E-state index contributed by atoms with van der Waals surface area (Å²) in [5.74, 6) is 0.171. The Kier molecular flexibility index (Phi) is 6.23. The zero-order valence-corrected chi connectivity index (χ0v) is 20.2. The van der Waals surface area contributed by atoms with Crippen LogP contribution in [0, 0.1) is 5.82 Å². The number of nitrogens with one attached hydrogen (secondary N) is 2. The molecular formula is C29H30FN3O3. The van der Waals surface area contributed by atoms with Crippen molar-refractivity contribution in [2.45, 2.75) is 37.4 Å². The number of nitrogens with zero attached hydrogens (tertiary/aromatic N) is 1. The van der Waals surface area contributed by atoms with Crippen molar-refractivity contribution >= 4 is 11.8 Å². The molecule has 6 rings (SSSR count). The van der Waals surface area contributed by atoms with Crippen LogP contribution in [0.1, 0.15) is 41.3 Å². The predicted octanol–water partition coefficient (Wildman–Crippen LogP) is 5.02. The number of hydrogen-bond donors (Lipinski definition) is 2. The Morgan fingerprint density at radius 1 is 1.03 bits per heavy atom. The number of benzene rings is 3. The van der Waals surface area contributed by atoms with E-state index in [9.17, 15) is 4.39 Å². The van der Waals surface area contributed by atoms with Crippen molar-refractivity contribution in [3.63, 3.8) is 0 Å². The molecule has 186 valence electrons. The molecule has 2 N–H and O–H groups in total. The highest BCUT2D eigenvalue weighted by atomic mass is 19.1. The van der Waals surface area contributed by atoms with Crippen LogP contribution in [0.5, 0.6) is 5.75 Å². The van der Waals surface area contributed by atoms with Crippen LogP contribution in [-0.2, 0) is 21.7 Å². The number of fused-ring (bicyclic) bond motifs is 3. The van der Waals surface area contributed by atoms with Gasteiger partial charge < -0.3 is 19.1 Å². The van der Waals surface area contributed by atoms with Gasteiger partial charge in [0.1, 0.15) is 30.5 Å². The van der Waals surface area contributed by atoms with Crippen LogP contribution >= 0.6 is 0 Å². The van der Waals surface area contributed by atoms with Crippen LogP contribution in [0.3, 0.4) is 0 Å². The summed E-state index contributed by atoms with van der Waals surface area (Å²) in [6, 6.07) is 21.6. The molecule has 7 heteroatoms. The molecule has 0 spiro atoms. The second-order valence-electron chi connectivity index (χ2n) is 9.48. The lowest BCUT2D eigenvalue weighted by Gasteiger charge is -2.36. The first-order valence-electron chi connectivity index (χ1n) is 12.4. The minimum Gasteiger partial charge on any atom is -0.489 e. The van der Waals surface area contributed by atoms with E-state index in [4.69, 9.17) is 14.2 Å². The van der Waals surface area contributed by atoms with Gasteiger partial charge in [-0.2, -0.15) is 0 Å². The first kappa shape index (κ1) is 23.2. The SMILES string of the molecule is COC1(c2cc(F)cc(OCc3ccc4c(c3)C=CC3NNC(c5ccccc5)N43)c2)CCOCC1. The molecule has 2 saturated heterocycles. The van der Waals surface area contributed by atoms with E-state index in [1.54, 1.807) is 13.2 Å². The summed E-state index contributed by atoms with van der Waals surface area (Å²) in [5.41, 5.74) is 11.5. The van der Waals surface area contributed by atoms with Crippen molar-refractivity contribution in [2.24, 2.45) is 0 Å². The maximum atomic E-state index is 14.5. The first-order chi connectivity index (χ1) is 17.6. The molecule has 0 amide bonds. The van der Waals surface area contributed by atoms with Gasteiger partial charge in [0.05, 0.1) is 5.60 Å². The van der Waals surface area contributed by atoms with Gasteiger partial charge in [-0.05, 0) is 52.6 Å². The molecule has 6 nitrogen and oxygen atoms in total. The van der Waals surface area contributed by atoms with Crippen LogP contribution in [-0.4, -0.2) is 26.5 Å². The molecule has 3 heterocycles. The molecule has 2 fully saturated rings. The van der Waals surface area contributed by atoms with Crippen LogP contribution < -0.4 is 20.5 Å². The van der Waals surface area contributed by atoms with Crippen LogP contribution in [0.2, 0.25) is 0 Å². The van der Waals surface area contributed by atoms with E-state index in [0.717, 1.165) is 22.4 Å². The van der Waals surface area contributed by atoms with Gasteiger partial charge in [0.2, 0.25) is 0 Å². The van der Waals surface area contributed by atoms with E-state index >= 15 is 0 Å². The Hall–Kier alpha value is -3.23. The molecule has 0 aromatic heterocycles. The second-order valence-corrected chi connectivity index (χ2v) is 9.48. The number of rotatable bonds is 6. The Morgan fingerprint density at radius 3 is 2.67 bits per heavy atom. The van der Waals surface area contributed by atoms with E-state index in [0.29, 0.717) is 38.4 Å². The van der Waals surface area contributed by atoms with Crippen molar-refractivity contribution in [1.82, 2.24) is 10.9 Å². The smallest absolute Gasteiger partial charge is 0.127 e. The van der Waals surface area contributed by atoms with Gasteiger partial charge in [-0.1, -0.05) is 42.5 Å². The van der Waals surface area contributed by atoms with Gasteiger partial charge in [0.15, 0.2) is 0 Å². The van der Waals surface area contributed by atoms with Gasteiger partial charge in [0.25, 0.3) is 0 Å². The average molecular weight is 488 g/mol. The number of ether oxygens (including phenoxy) is 3. The van der Waals surface area contributed by atoms with E-state index in [2.05, 4.69) is 70.4 Å². The molecule has 36 heavy (non-hydrogen) atoms. The highest BCUT2D eigenvalue weighted by molar-refractivity contribution is 5.74. The average Bonchev–Trinajstić information content (AvgIpc) is 3.37. The van der Waals surface area contributed by atoms with Crippen molar-refractivity contribution in [3.05, 3.63) is 101 Å². The Morgan fingerprint density at radius 2 is 1.86 bits per heavy atom. The molecule has 0 aliphatic carbocycles. The number of halogens is 1. The third-order valence-electron chi connectivity index (χ3n) is 7.38. The summed E-state index contributed by atoms with van der Waals surface area (Å²) >= 11 is 0. The zero-order valence-electron chi connectivity index (χ0n) is 20.2. The van der Waals surface area contributed by atoms with E-state index in [-0.39, 0.29) is 18.1 Å². The number of hydrazine groups is 1. The summed E-state index contributed by atoms with van der Waals surface area (Å²) in [6.07, 6.45) is 5.78. The topological polar surface area (TPSA) is 55.0 Å². The largest absolute Gasteiger partial charge is 0.489 e. The highest BCUT2D eigenvalue weighted by Gasteiger charge is 2.36. The molecule has 3 aromatic carbocycles. The quantitative estimate of drug-likeness (QED) is 0.509. The van der Waals surface area contributed by atoms with E-state index < -0.39 is 5.60 Å². The molecule has 2 atom stereocenters. The zero-order chi connectivity index (χ0) is 24.5. The van der Waals surface area contributed by atoms with Crippen LogP contribution in [0.25, 0.3) is 6.08 Å². The molecule has 0 bridgehead atoms. The monoisotopic (exact) mass is 487 g/mol. The Labute approximate surface area is 210 Å². The van der Waals surface area contributed by atoms with Crippen molar-refractivity contribution in [3.8, 4) is 5.75 Å². The third kappa shape index (κ3) is 4.29. The fraction of sp³-hybridized carbons (Fsp3) is 0.310. The van der Waals surface area contributed by atoms with Crippen LogP contribution in [0.15, 0.2) is 72.8 Å². The minimum atomic E-state index is -0.543. The fourth-order valence-corrected chi connectivity index (χ4v) is 5.42. The number of hydrogen-bond acceptors (Lipinski definition) is 6. The van der Waals surface area contributed by atoms with Gasteiger partial charge in [-0.25, -0.2) is 15.2 Å².